The Morgan fingerprint density at radius 1 is 1.24 bits per heavy atom. The number of hydrogen-bond acceptors (Lipinski definition) is 6. The van der Waals surface area contributed by atoms with Crippen molar-refractivity contribution in [3.05, 3.63) is 17.7 Å². The summed E-state index contributed by atoms with van der Waals surface area (Å²) in [5.74, 6) is 1.40. The van der Waals surface area contributed by atoms with Gasteiger partial charge < -0.3 is 19.3 Å². The van der Waals surface area contributed by atoms with Gasteiger partial charge in [-0.2, -0.15) is 0 Å². The normalized spacial score (nSPS) is 14.3. The molecule has 0 radical (unpaired) electrons. The fourth-order valence-corrected chi connectivity index (χ4v) is 2.71. The summed E-state index contributed by atoms with van der Waals surface area (Å²) in [7, 11) is -3.24. The molecule has 0 unspecified atom stereocenters. The summed E-state index contributed by atoms with van der Waals surface area (Å²) in [6, 6.07) is 3.24. The second-order valence-electron chi connectivity index (χ2n) is 5.75. The lowest BCUT2D eigenvalue weighted by Gasteiger charge is -2.19. The van der Waals surface area contributed by atoms with Crippen molar-refractivity contribution in [3.63, 3.8) is 0 Å². The van der Waals surface area contributed by atoms with Crippen molar-refractivity contribution >= 4 is 9.84 Å². The Morgan fingerprint density at radius 2 is 1.86 bits per heavy atom. The van der Waals surface area contributed by atoms with E-state index in [0.29, 0.717) is 22.8 Å². The van der Waals surface area contributed by atoms with Crippen LogP contribution in [0.5, 0.6) is 17.2 Å². The molecule has 0 spiro atoms. The molecule has 1 heterocycles. The van der Waals surface area contributed by atoms with Gasteiger partial charge in [-0.25, -0.2) is 8.42 Å². The number of fused-ring (bicyclic) bond motifs is 1. The zero-order chi connectivity index (χ0) is 15.7. The minimum atomic E-state index is -3.24. The van der Waals surface area contributed by atoms with Gasteiger partial charge in [0.15, 0.2) is 21.3 Å². The number of aliphatic hydroxyl groups excluding tert-OH is 1. The maximum absolute atomic E-state index is 12.0. The van der Waals surface area contributed by atoms with E-state index in [9.17, 15) is 13.5 Å². The molecular weight excluding hydrogens is 296 g/mol. The summed E-state index contributed by atoms with van der Waals surface area (Å²) in [6.07, 6.45) is 0. The van der Waals surface area contributed by atoms with Gasteiger partial charge in [0.05, 0.1) is 17.1 Å². The molecule has 1 aliphatic rings. The van der Waals surface area contributed by atoms with Crippen LogP contribution >= 0.6 is 0 Å². The summed E-state index contributed by atoms with van der Waals surface area (Å²) in [5.41, 5.74) is 0.535. The summed E-state index contributed by atoms with van der Waals surface area (Å²) >= 11 is 0. The molecule has 0 saturated carbocycles. The van der Waals surface area contributed by atoms with E-state index in [1.807, 2.05) is 0 Å². The van der Waals surface area contributed by atoms with Gasteiger partial charge in [-0.15, -0.1) is 0 Å². The number of hydrogen-bond donors (Lipinski definition) is 1. The molecule has 118 valence electrons. The predicted octanol–water partition coefficient (Wildman–Crippen LogP) is 1.50. The monoisotopic (exact) mass is 316 g/mol. The van der Waals surface area contributed by atoms with E-state index in [0.717, 1.165) is 0 Å². The zero-order valence-corrected chi connectivity index (χ0v) is 13.2. The molecule has 0 atom stereocenters. The van der Waals surface area contributed by atoms with Gasteiger partial charge in [0, 0.05) is 11.6 Å². The van der Waals surface area contributed by atoms with E-state index < -0.39 is 14.6 Å². The largest absolute Gasteiger partial charge is 0.492 e. The van der Waals surface area contributed by atoms with Crippen molar-refractivity contribution in [2.45, 2.75) is 32.1 Å². The van der Waals surface area contributed by atoms with Crippen molar-refractivity contribution in [3.8, 4) is 17.2 Å². The molecule has 0 aliphatic carbocycles. The maximum Gasteiger partial charge on any atom is 0.231 e. The zero-order valence-electron chi connectivity index (χ0n) is 12.4. The smallest absolute Gasteiger partial charge is 0.231 e. The second kappa shape index (κ2) is 5.73. The fourth-order valence-electron chi connectivity index (χ4n) is 1.79. The van der Waals surface area contributed by atoms with Crippen LogP contribution in [0.3, 0.4) is 0 Å². The van der Waals surface area contributed by atoms with Crippen molar-refractivity contribution in [1.82, 2.24) is 0 Å². The average Bonchev–Trinajstić information content (AvgIpc) is 2.83. The summed E-state index contributed by atoms with van der Waals surface area (Å²) in [5, 5.41) is 9.34. The van der Waals surface area contributed by atoms with Gasteiger partial charge >= 0.3 is 0 Å². The number of ether oxygens (including phenoxy) is 3. The lowest BCUT2D eigenvalue weighted by atomic mass is 10.2. The Balaban J connectivity index is 2.07. The number of aliphatic hydroxyl groups is 1. The van der Waals surface area contributed by atoms with E-state index in [1.54, 1.807) is 32.9 Å². The molecular formula is C14H20O6S. The lowest BCUT2D eigenvalue weighted by molar-refractivity contribution is 0.173. The molecule has 0 saturated heterocycles. The minimum Gasteiger partial charge on any atom is -0.492 e. The van der Waals surface area contributed by atoms with Crippen LogP contribution in [0, 0.1) is 0 Å². The van der Waals surface area contributed by atoms with Gasteiger partial charge in [0.25, 0.3) is 0 Å². The molecule has 0 amide bonds. The van der Waals surface area contributed by atoms with Crippen molar-refractivity contribution < 1.29 is 27.7 Å². The Hall–Kier alpha value is -1.47. The van der Waals surface area contributed by atoms with Crippen molar-refractivity contribution in [2.75, 3.05) is 19.2 Å². The Morgan fingerprint density at radius 3 is 2.43 bits per heavy atom. The number of benzene rings is 1. The first-order valence-electron chi connectivity index (χ1n) is 6.63. The molecule has 6 nitrogen and oxygen atoms in total. The summed E-state index contributed by atoms with van der Waals surface area (Å²) < 4.78 is 39.2. The van der Waals surface area contributed by atoms with Gasteiger partial charge in [-0.3, -0.25) is 0 Å². The third kappa shape index (κ3) is 3.41. The minimum absolute atomic E-state index is 0.0201. The Bertz CT molecular complexity index is 615. The van der Waals surface area contributed by atoms with Crippen LogP contribution in [0.1, 0.15) is 26.3 Å². The highest BCUT2D eigenvalue weighted by molar-refractivity contribution is 7.92. The van der Waals surface area contributed by atoms with Crippen LogP contribution in [-0.4, -0.2) is 37.4 Å². The van der Waals surface area contributed by atoms with Crippen LogP contribution in [0.4, 0.5) is 0 Å². The first-order valence-corrected chi connectivity index (χ1v) is 8.28. The Labute approximate surface area is 124 Å². The molecule has 0 bridgehead atoms. The highest BCUT2D eigenvalue weighted by Gasteiger charge is 2.28. The quantitative estimate of drug-likeness (QED) is 0.886. The molecule has 7 heteroatoms. The maximum atomic E-state index is 12.0. The molecule has 1 aromatic carbocycles. The lowest BCUT2D eigenvalue weighted by Crippen LogP contribution is -2.32. The topological polar surface area (TPSA) is 82.1 Å². The van der Waals surface area contributed by atoms with Gasteiger partial charge in [0.2, 0.25) is 6.79 Å². The molecule has 21 heavy (non-hydrogen) atoms. The summed E-state index contributed by atoms with van der Waals surface area (Å²) in [4.78, 5) is 0. The first kappa shape index (κ1) is 15.9. The summed E-state index contributed by atoms with van der Waals surface area (Å²) in [6.45, 7) is 4.89. The highest BCUT2D eigenvalue weighted by Crippen LogP contribution is 2.38. The Kier molecular flexibility index (Phi) is 4.34. The second-order valence-corrected chi connectivity index (χ2v) is 8.61. The SMILES string of the molecule is CC(C)(C)S(=O)(=O)CCOc1cc2c(cc1CO)OCO2. The van der Waals surface area contributed by atoms with Gasteiger partial charge in [-0.05, 0) is 26.8 Å². The molecule has 0 aromatic heterocycles. The molecule has 1 aliphatic heterocycles. The van der Waals surface area contributed by atoms with Crippen LogP contribution in [0.2, 0.25) is 0 Å². The molecule has 0 fully saturated rings. The predicted molar refractivity (Wildman–Crippen MR) is 77.5 cm³/mol. The average molecular weight is 316 g/mol. The van der Waals surface area contributed by atoms with Crippen molar-refractivity contribution in [1.29, 1.82) is 0 Å². The number of sulfone groups is 1. The molecule has 2 rings (SSSR count). The number of rotatable bonds is 5. The first-order chi connectivity index (χ1) is 9.74. The van der Waals surface area contributed by atoms with Crippen LogP contribution in [-0.2, 0) is 16.4 Å². The third-order valence-corrected chi connectivity index (χ3v) is 5.84. The van der Waals surface area contributed by atoms with Gasteiger partial charge in [0.1, 0.15) is 12.4 Å². The standard InChI is InChI=1S/C14H20O6S/c1-14(2,3)21(16,17)5-4-18-11-7-13-12(19-9-20-13)6-10(11)8-15/h6-7,15H,4-5,8-9H2,1-3H3. The molecule has 1 aromatic rings. The van der Waals surface area contributed by atoms with E-state index in [2.05, 4.69) is 0 Å². The third-order valence-electron chi connectivity index (χ3n) is 3.27. The van der Waals surface area contributed by atoms with E-state index in [-0.39, 0.29) is 25.8 Å². The highest BCUT2D eigenvalue weighted by atomic mass is 32.2. The van der Waals surface area contributed by atoms with E-state index in [4.69, 9.17) is 14.2 Å². The fraction of sp³-hybridized carbons (Fsp3) is 0.571. The van der Waals surface area contributed by atoms with Crippen LogP contribution in [0.25, 0.3) is 0 Å². The van der Waals surface area contributed by atoms with E-state index in [1.165, 1.54) is 0 Å². The molecule has 1 N–H and O–H groups in total. The van der Waals surface area contributed by atoms with Crippen LogP contribution < -0.4 is 14.2 Å². The van der Waals surface area contributed by atoms with Crippen LogP contribution in [0.15, 0.2) is 12.1 Å². The van der Waals surface area contributed by atoms with E-state index >= 15 is 0 Å². The van der Waals surface area contributed by atoms with Crippen molar-refractivity contribution in [2.24, 2.45) is 0 Å². The van der Waals surface area contributed by atoms with Gasteiger partial charge in [-0.1, -0.05) is 0 Å².